The summed E-state index contributed by atoms with van der Waals surface area (Å²) in [6.45, 7) is 3.36. The van der Waals surface area contributed by atoms with Crippen molar-refractivity contribution in [2.45, 2.75) is 24.9 Å². The minimum atomic E-state index is -0.0484. The van der Waals surface area contributed by atoms with E-state index in [0.717, 1.165) is 32.5 Å². The Bertz CT molecular complexity index is 325. The van der Waals surface area contributed by atoms with Gasteiger partial charge in [-0.3, -0.25) is 4.90 Å². The standard InChI is InChI=1S/C14H22N2O/c1-15-14(12-17)7-9-16(10-8-14)11-13-5-3-2-4-6-13/h2-6,15,17H,7-12H2,1H3. The number of hydrogen-bond donors (Lipinski definition) is 2. The number of likely N-dealkylation sites (tertiary alicyclic amines) is 1. The van der Waals surface area contributed by atoms with E-state index in [0.29, 0.717) is 0 Å². The first-order valence-corrected chi connectivity index (χ1v) is 6.34. The van der Waals surface area contributed by atoms with E-state index in [1.54, 1.807) is 0 Å². The highest BCUT2D eigenvalue weighted by Crippen LogP contribution is 2.22. The van der Waals surface area contributed by atoms with Crippen molar-refractivity contribution in [1.82, 2.24) is 10.2 Å². The van der Waals surface area contributed by atoms with Crippen LogP contribution in [-0.4, -0.2) is 42.3 Å². The molecular formula is C14H22N2O. The number of likely N-dealkylation sites (N-methyl/N-ethyl adjacent to an activating group) is 1. The normalized spacial score (nSPS) is 20.4. The highest BCUT2D eigenvalue weighted by Gasteiger charge is 2.32. The molecule has 1 aliphatic heterocycles. The van der Waals surface area contributed by atoms with Crippen LogP contribution in [0.4, 0.5) is 0 Å². The van der Waals surface area contributed by atoms with Gasteiger partial charge in [0.2, 0.25) is 0 Å². The zero-order valence-corrected chi connectivity index (χ0v) is 10.5. The fourth-order valence-electron chi connectivity index (χ4n) is 2.47. The first-order valence-electron chi connectivity index (χ1n) is 6.34. The van der Waals surface area contributed by atoms with Gasteiger partial charge in [-0.1, -0.05) is 30.3 Å². The van der Waals surface area contributed by atoms with Crippen molar-refractivity contribution in [2.24, 2.45) is 0 Å². The number of nitrogens with one attached hydrogen (secondary N) is 1. The highest BCUT2D eigenvalue weighted by molar-refractivity contribution is 5.14. The van der Waals surface area contributed by atoms with Gasteiger partial charge in [-0.2, -0.15) is 0 Å². The van der Waals surface area contributed by atoms with Crippen LogP contribution in [0.15, 0.2) is 30.3 Å². The molecule has 0 bridgehead atoms. The lowest BCUT2D eigenvalue weighted by molar-refractivity contribution is 0.0811. The van der Waals surface area contributed by atoms with Gasteiger partial charge in [-0.15, -0.1) is 0 Å². The largest absolute Gasteiger partial charge is 0.394 e. The third-order valence-electron chi connectivity index (χ3n) is 3.90. The van der Waals surface area contributed by atoms with Crippen LogP contribution in [0.1, 0.15) is 18.4 Å². The van der Waals surface area contributed by atoms with E-state index in [2.05, 4.69) is 40.5 Å². The molecule has 3 nitrogen and oxygen atoms in total. The lowest BCUT2D eigenvalue weighted by Crippen LogP contribution is -2.54. The summed E-state index contributed by atoms with van der Waals surface area (Å²) < 4.78 is 0. The molecule has 1 aromatic carbocycles. The second-order valence-corrected chi connectivity index (χ2v) is 4.95. The van der Waals surface area contributed by atoms with E-state index in [9.17, 15) is 5.11 Å². The molecule has 2 N–H and O–H groups in total. The number of aliphatic hydroxyl groups is 1. The van der Waals surface area contributed by atoms with E-state index < -0.39 is 0 Å². The fourth-order valence-corrected chi connectivity index (χ4v) is 2.47. The molecule has 0 unspecified atom stereocenters. The molecule has 1 fully saturated rings. The van der Waals surface area contributed by atoms with E-state index >= 15 is 0 Å². The van der Waals surface area contributed by atoms with Gasteiger partial charge in [0.25, 0.3) is 0 Å². The van der Waals surface area contributed by atoms with Crippen molar-refractivity contribution >= 4 is 0 Å². The molecule has 17 heavy (non-hydrogen) atoms. The summed E-state index contributed by atoms with van der Waals surface area (Å²) in [6.07, 6.45) is 2.04. The van der Waals surface area contributed by atoms with Crippen LogP contribution < -0.4 is 5.32 Å². The monoisotopic (exact) mass is 234 g/mol. The summed E-state index contributed by atoms with van der Waals surface area (Å²) in [5.41, 5.74) is 1.32. The Kier molecular flexibility index (Phi) is 4.15. The van der Waals surface area contributed by atoms with Gasteiger partial charge in [0.15, 0.2) is 0 Å². The molecule has 2 rings (SSSR count). The van der Waals surface area contributed by atoms with Crippen LogP contribution in [0.2, 0.25) is 0 Å². The molecule has 0 aliphatic carbocycles. The van der Waals surface area contributed by atoms with Crippen LogP contribution in [0, 0.1) is 0 Å². The average Bonchev–Trinajstić information content (AvgIpc) is 2.41. The van der Waals surface area contributed by atoms with Gasteiger partial charge in [-0.25, -0.2) is 0 Å². The summed E-state index contributed by atoms with van der Waals surface area (Å²) in [6, 6.07) is 10.6. The second-order valence-electron chi connectivity index (χ2n) is 4.95. The van der Waals surface area contributed by atoms with Gasteiger partial charge in [0.1, 0.15) is 0 Å². The van der Waals surface area contributed by atoms with Crippen molar-refractivity contribution < 1.29 is 5.11 Å². The number of rotatable bonds is 4. The Hall–Kier alpha value is -0.900. The Morgan fingerprint density at radius 1 is 1.24 bits per heavy atom. The van der Waals surface area contributed by atoms with Crippen LogP contribution in [-0.2, 0) is 6.54 Å². The molecule has 1 saturated heterocycles. The Labute approximate surface area is 103 Å². The van der Waals surface area contributed by atoms with Crippen LogP contribution in [0.5, 0.6) is 0 Å². The van der Waals surface area contributed by atoms with E-state index in [1.807, 2.05) is 7.05 Å². The first kappa shape index (κ1) is 12.6. The zero-order chi connectivity index (χ0) is 12.1. The van der Waals surface area contributed by atoms with E-state index in [4.69, 9.17) is 0 Å². The van der Waals surface area contributed by atoms with Gasteiger partial charge < -0.3 is 10.4 Å². The van der Waals surface area contributed by atoms with Gasteiger partial charge in [0.05, 0.1) is 6.61 Å². The zero-order valence-electron chi connectivity index (χ0n) is 10.5. The number of piperidine rings is 1. The summed E-state index contributed by atoms with van der Waals surface area (Å²) in [5, 5.41) is 12.7. The number of hydrogen-bond acceptors (Lipinski definition) is 3. The maximum atomic E-state index is 9.44. The maximum absolute atomic E-state index is 9.44. The topological polar surface area (TPSA) is 35.5 Å². The first-order chi connectivity index (χ1) is 8.28. The SMILES string of the molecule is CNC1(CO)CCN(Cc2ccccc2)CC1. The van der Waals surface area contributed by atoms with E-state index in [-0.39, 0.29) is 12.1 Å². The highest BCUT2D eigenvalue weighted by atomic mass is 16.3. The van der Waals surface area contributed by atoms with Crippen molar-refractivity contribution in [3.63, 3.8) is 0 Å². The molecule has 1 aliphatic rings. The maximum Gasteiger partial charge on any atom is 0.0614 e. The molecular weight excluding hydrogens is 212 g/mol. The number of benzene rings is 1. The van der Waals surface area contributed by atoms with Crippen molar-refractivity contribution in [2.75, 3.05) is 26.7 Å². The van der Waals surface area contributed by atoms with E-state index in [1.165, 1.54) is 5.56 Å². The molecule has 0 saturated carbocycles. The fraction of sp³-hybridized carbons (Fsp3) is 0.571. The third-order valence-corrected chi connectivity index (χ3v) is 3.90. The molecule has 1 heterocycles. The second kappa shape index (κ2) is 5.63. The summed E-state index contributed by atoms with van der Waals surface area (Å²) >= 11 is 0. The van der Waals surface area contributed by atoms with Gasteiger partial charge >= 0.3 is 0 Å². The Morgan fingerprint density at radius 3 is 2.41 bits per heavy atom. The minimum absolute atomic E-state index is 0.0484. The molecule has 0 amide bonds. The number of nitrogens with zero attached hydrogens (tertiary/aromatic N) is 1. The predicted molar refractivity (Wildman–Crippen MR) is 69.8 cm³/mol. The Balaban J connectivity index is 1.87. The summed E-state index contributed by atoms with van der Waals surface area (Å²) in [5.74, 6) is 0. The third kappa shape index (κ3) is 3.06. The molecule has 0 radical (unpaired) electrons. The molecule has 0 spiro atoms. The van der Waals surface area contributed by atoms with Gasteiger partial charge in [-0.05, 0) is 25.5 Å². The molecule has 0 atom stereocenters. The molecule has 94 valence electrons. The number of aliphatic hydroxyl groups excluding tert-OH is 1. The summed E-state index contributed by atoms with van der Waals surface area (Å²) in [7, 11) is 1.95. The Morgan fingerprint density at radius 2 is 1.88 bits per heavy atom. The average molecular weight is 234 g/mol. The van der Waals surface area contributed by atoms with Crippen LogP contribution >= 0.6 is 0 Å². The quantitative estimate of drug-likeness (QED) is 0.822. The van der Waals surface area contributed by atoms with Crippen molar-refractivity contribution in [3.8, 4) is 0 Å². The smallest absolute Gasteiger partial charge is 0.0614 e. The minimum Gasteiger partial charge on any atom is -0.394 e. The lowest BCUT2D eigenvalue weighted by atomic mass is 9.88. The van der Waals surface area contributed by atoms with Crippen LogP contribution in [0.25, 0.3) is 0 Å². The molecule has 1 aromatic rings. The lowest BCUT2D eigenvalue weighted by Gasteiger charge is -2.40. The van der Waals surface area contributed by atoms with Crippen molar-refractivity contribution in [3.05, 3.63) is 35.9 Å². The van der Waals surface area contributed by atoms with Gasteiger partial charge in [0, 0.05) is 25.2 Å². The van der Waals surface area contributed by atoms with Crippen LogP contribution in [0.3, 0.4) is 0 Å². The van der Waals surface area contributed by atoms with Crippen molar-refractivity contribution in [1.29, 1.82) is 0 Å². The predicted octanol–water partition coefficient (Wildman–Crippen LogP) is 1.23. The molecule has 0 aromatic heterocycles. The summed E-state index contributed by atoms with van der Waals surface area (Å²) in [4.78, 5) is 2.46. The molecule has 3 heteroatoms.